The SMILES string of the molecule is CC(C)[C@@H](NC(=O)C12CC3CC(CC(C3)C1)C2)C(=O)NNC(=S)NC1CCCC1. The third-order valence-electron chi connectivity index (χ3n) is 7.75. The van der Waals surface area contributed by atoms with Crippen molar-refractivity contribution in [2.24, 2.45) is 29.1 Å². The Morgan fingerprint density at radius 3 is 2.00 bits per heavy atom. The van der Waals surface area contributed by atoms with Gasteiger partial charge in [0.2, 0.25) is 5.91 Å². The molecule has 1 atom stereocenters. The van der Waals surface area contributed by atoms with Gasteiger partial charge in [0.15, 0.2) is 5.11 Å². The Labute approximate surface area is 179 Å². The van der Waals surface area contributed by atoms with Crippen molar-refractivity contribution in [1.29, 1.82) is 0 Å². The number of amides is 2. The predicted octanol–water partition coefficient (Wildman–Crippen LogP) is 2.78. The number of carbonyl (C=O) groups is 2. The molecule has 0 radical (unpaired) electrons. The van der Waals surface area contributed by atoms with Crippen molar-refractivity contribution in [2.75, 3.05) is 0 Å². The predicted molar refractivity (Wildman–Crippen MR) is 117 cm³/mol. The summed E-state index contributed by atoms with van der Waals surface area (Å²) in [6, 6.07) is -0.166. The molecule has 4 bridgehead atoms. The molecule has 5 aliphatic rings. The molecule has 0 aromatic carbocycles. The van der Waals surface area contributed by atoms with Crippen LogP contribution in [0.5, 0.6) is 0 Å². The summed E-state index contributed by atoms with van der Waals surface area (Å²) < 4.78 is 0. The number of hydrogen-bond acceptors (Lipinski definition) is 3. The van der Waals surface area contributed by atoms with E-state index in [4.69, 9.17) is 12.2 Å². The Hall–Kier alpha value is -1.37. The maximum Gasteiger partial charge on any atom is 0.261 e. The first kappa shape index (κ1) is 20.9. The quantitative estimate of drug-likeness (QED) is 0.406. The summed E-state index contributed by atoms with van der Waals surface area (Å²) in [5.74, 6) is 1.99. The van der Waals surface area contributed by atoms with E-state index in [-0.39, 0.29) is 23.1 Å². The second-order valence-corrected chi connectivity index (χ2v) is 10.9. The van der Waals surface area contributed by atoms with Gasteiger partial charge in [-0.05, 0) is 87.3 Å². The van der Waals surface area contributed by atoms with Crippen LogP contribution < -0.4 is 21.5 Å². The first-order valence-corrected chi connectivity index (χ1v) is 11.9. The number of thiocarbonyl (C=S) groups is 1. The summed E-state index contributed by atoms with van der Waals surface area (Å²) in [5.41, 5.74) is 5.29. The van der Waals surface area contributed by atoms with Gasteiger partial charge in [0.05, 0.1) is 0 Å². The van der Waals surface area contributed by atoms with Gasteiger partial charge < -0.3 is 10.6 Å². The Balaban J connectivity index is 1.32. The zero-order chi connectivity index (χ0) is 20.6. The van der Waals surface area contributed by atoms with Crippen LogP contribution in [0.3, 0.4) is 0 Å². The molecule has 5 rings (SSSR count). The summed E-state index contributed by atoms with van der Waals surface area (Å²) in [4.78, 5) is 26.1. The van der Waals surface area contributed by atoms with Crippen LogP contribution >= 0.6 is 12.2 Å². The molecular formula is C22H36N4O2S. The molecule has 0 spiro atoms. The second kappa shape index (κ2) is 8.40. The monoisotopic (exact) mass is 420 g/mol. The number of carbonyl (C=O) groups excluding carboxylic acids is 2. The highest BCUT2D eigenvalue weighted by Gasteiger charge is 2.55. The number of rotatable bonds is 5. The average Bonchev–Trinajstić information content (AvgIpc) is 3.15. The third kappa shape index (κ3) is 4.54. The van der Waals surface area contributed by atoms with Crippen LogP contribution in [0.4, 0.5) is 0 Å². The Morgan fingerprint density at radius 1 is 0.931 bits per heavy atom. The van der Waals surface area contributed by atoms with Gasteiger partial charge in [-0.15, -0.1) is 0 Å². The maximum atomic E-state index is 13.3. The molecule has 4 N–H and O–H groups in total. The van der Waals surface area contributed by atoms with Gasteiger partial charge in [-0.3, -0.25) is 20.4 Å². The molecule has 2 amide bonds. The lowest BCUT2D eigenvalue weighted by atomic mass is 9.49. The van der Waals surface area contributed by atoms with Crippen LogP contribution in [0.1, 0.15) is 78.1 Å². The molecule has 0 aromatic rings. The summed E-state index contributed by atoms with van der Waals surface area (Å²) in [6.45, 7) is 3.94. The van der Waals surface area contributed by atoms with E-state index in [1.54, 1.807) is 0 Å². The molecule has 0 aliphatic heterocycles. The van der Waals surface area contributed by atoms with Crippen LogP contribution in [0.2, 0.25) is 0 Å². The van der Waals surface area contributed by atoms with E-state index >= 15 is 0 Å². The Morgan fingerprint density at radius 2 is 1.48 bits per heavy atom. The molecule has 7 heteroatoms. The van der Waals surface area contributed by atoms with Crippen molar-refractivity contribution in [2.45, 2.75) is 90.1 Å². The number of hydrogen-bond donors (Lipinski definition) is 4. The largest absolute Gasteiger partial charge is 0.359 e. The zero-order valence-electron chi connectivity index (χ0n) is 17.8. The topological polar surface area (TPSA) is 82.3 Å². The van der Waals surface area contributed by atoms with E-state index < -0.39 is 6.04 Å². The summed E-state index contributed by atoms with van der Waals surface area (Å²) in [6.07, 6.45) is 11.6. The van der Waals surface area contributed by atoms with Crippen molar-refractivity contribution in [3.63, 3.8) is 0 Å². The molecule has 5 aliphatic carbocycles. The highest BCUT2D eigenvalue weighted by Crippen LogP contribution is 2.60. The van der Waals surface area contributed by atoms with E-state index in [1.807, 2.05) is 13.8 Å². The van der Waals surface area contributed by atoms with E-state index in [9.17, 15) is 9.59 Å². The van der Waals surface area contributed by atoms with Gasteiger partial charge >= 0.3 is 0 Å². The molecule has 0 heterocycles. The Bertz CT molecular complexity index is 624. The lowest BCUT2D eigenvalue weighted by Crippen LogP contribution is -2.60. The standard InChI is InChI=1S/C22H36N4O2S/c1-13(2)18(19(27)25-26-21(29)23-17-5-3-4-6-17)24-20(28)22-10-14-7-15(11-22)9-16(8-14)12-22/h13-18H,3-12H2,1-2H3,(H,24,28)(H,25,27)(H2,23,26,29)/t14?,15?,16?,18-,22?/m1/s1. The van der Waals surface area contributed by atoms with Crippen molar-refractivity contribution >= 4 is 29.1 Å². The van der Waals surface area contributed by atoms with Crippen molar-refractivity contribution in [1.82, 2.24) is 21.5 Å². The Kier molecular flexibility index (Phi) is 6.05. The summed E-state index contributed by atoms with van der Waals surface area (Å²) in [5, 5.41) is 6.81. The van der Waals surface area contributed by atoms with E-state index in [0.717, 1.165) is 32.1 Å². The lowest BCUT2D eigenvalue weighted by molar-refractivity contribution is -0.149. The first-order valence-electron chi connectivity index (χ1n) is 11.5. The average molecular weight is 421 g/mol. The summed E-state index contributed by atoms with van der Waals surface area (Å²) in [7, 11) is 0. The molecule has 29 heavy (non-hydrogen) atoms. The van der Waals surface area contributed by atoms with Crippen LogP contribution in [-0.4, -0.2) is 29.0 Å². The van der Waals surface area contributed by atoms with Crippen LogP contribution in [0, 0.1) is 29.1 Å². The fourth-order valence-corrected chi connectivity index (χ4v) is 6.92. The van der Waals surface area contributed by atoms with Crippen molar-refractivity contribution in [3.05, 3.63) is 0 Å². The molecule has 0 unspecified atom stereocenters. The zero-order valence-corrected chi connectivity index (χ0v) is 18.6. The van der Waals surface area contributed by atoms with Gasteiger partial charge in [0, 0.05) is 11.5 Å². The molecule has 5 fully saturated rings. The molecule has 0 aromatic heterocycles. The van der Waals surface area contributed by atoms with Gasteiger partial charge in [0.1, 0.15) is 6.04 Å². The van der Waals surface area contributed by atoms with E-state index in [1.165, 1.54) is 32.1 Å². The van der Waals surface area contributed by atoms with Crippen molar-refractivity contribution in [3.8, 4) is 0 Å². The fourth-order valence-electron chi connectivity index (χ4n) is 6.71. The molecule has 6 nitrogen and oxygen atoms in total. The third-order valence-corrected chi connectivity index (χ3v) is 7.97. The van der Waals surface area contributed by atoms with E-state index in [0.29, 0.717) is 28.9 Å². The smallest absolute Gasteiger partial charge is 0.261 e. The minimum Gasteiger partial charge on any atom is -0.359 e. The van der Waals surface area contributed by atoms with Gasteiger partial charge in [0.25, 0.3) is 5.91 Å². The lowest BCUT2D eigenvalue weighted by Gasteiger charge is -2.55. The van der Waals surface area contributed by atoms with Gasteiger partial charge in [-0.1, -0.05) is 26.7 Å². The minimum atomic E-state index is -0.558. The molecule has 0 saturated heterocycles. The van der Waals surface area contributed by atoms with Gasteiger partial charge in [-0.25, -0.2) is 0 Å². The van der Waals surface area contributed by atoms with Crippen LogP contribution in [-0.2, 0) is 9.59 Å². The van der Waals surface area contributed by atoms with Crippen LogP contribution in [0.15, 0.2) is 0 Å². The molecule has 162 valence electrons. The summed E-state index contributed by atoms with van der Waals surface area (Å²) >= 11 is 5.30. The first-order chi connectivity index (χ1) is 13.8. The number of hydrazine groups is 1. The highest BCUT2D eigenvalue weighted by atomic mass is 32.1. The normalized spacial score (nSPS) is 34.1. The molecule has 5 saturated carbocycles. The van der Waals surface area contributed by atoms with E-state index in [2.05, 4.69) is 21.5 Å². The maximum absolute atomic E-state index is 13.3. The minimum absolute atomic E-state index is 0.00558. The van der Waals surface area contributed by atoms with Crippen molar-refractivity contribution < 1.29 is 9.59 Å². The second-order valence-electron chi connectivity index (χ2n) is 10.5. The van der Waals surface area contributed by atoms with Gasteiger partial charge in [-0.2, -0.15) is 0 Å². The van der Waals surface area contributed by atoms with Crippen LogP contribution in [0.25, 0.3) is 0 Å². The molecular weight excluding hydrogens is 384 g/mol. The number of nitrogens with one attached hydrogen (secondary N) is 4. The fraction of sp³-hybridized carbons (Fsp3) is 0.864. The highest BCUT2D eigenvalue weighted by molar-refractivity contribution is 7.80.